The largest absolute Gasteiger partial charge is 0.481 e. The molecule has 0 aliphatic heterocycles. The molecule has 0 spiro atoms. The van der Waals surface area contributed by atoms with E-state index in [4.69, 9.17) is 5.11 Å². The van der Waals surface area contributed by atoms with Crippen LogP contribution in [0.15, 0.2) is 4.79 Å². The van der Waals surface area contributed by atoms with Crippen LogP contribution in [0.5, 0.6) is 0 Å². The Balaban J connectivity index is 2.47. The number of aromatic nitrogens is 2. The summed E-state index contributed by atoms with van der Waals surface area (Å²) in [6, 6.07) is 0. The van der Waals surface area contributed by atoms with Gasteiger partial charge in [-0.05, 0) is 31.2 Å². The fourth-order valence-corrected chi connectivity index (χ4v) is 2.00. The molecule has 1 aromatic heterocycles. The predicted molar refractivity (Wildman–Crippen MR) is 52.8 cm³/mol. The molecule has 2 N–H and O–H groups in total. The Labute approximate surface area is 86.2 Å². The molecular weight excluding hydrogens is 196 g/mol. The van der Waals surface area contributed by atoms with Gasteiger partial charge >= 0.3 is 11.7 Å². The van der Waals surface area contributed by atoms with Crippen molar-refractivity contribution in [2.24, 2.45) is 0 Å². The van der Waals surface area contributed by atoms with E-state index in [2.05, 4.69) is 9.97 Å². The Morgan fingerprint density at radius 3 is 2.87 bits per heavy atom. The van der Waals surface area contributed by atoms with Gasteiger partial charge in [0.1, 0.15) is 0 Å². The number of aromatic amines is 1. The maximum atomic E-state index is 11.2. The van der Waals surface area contributed by atoms with Gasteiger partial charge in [0, 0.05) is 5.69 Å². The van der Waals surface area contributed by atoms with E-state index in [0.29, 0.717) is 5.69 Å². The number of carbonyl (C=O) groups is 1. The van der Waals surface area contributed by atoms with Gasteiger partial charge in [-0.25, -0.2) is 4.79 Å². The topological polar surface area (TPSA) is 83.0 Å². The van der Waals surface area contributed by atoms with Gasteiger partial charge in [-0.2, -0.15) is 4.98 Å². The van der Waals surface area contributed by atoms with Crippen LogP contribution in [-0.2, 0) is 24.1 Å². The van der Waals surface area contributed by atoms with E-state index in [0.717, 1.165) is 36.9 Å². The molecule has 0 unspecified atom stereocenters. The lowest BCUT2D eigenvalue weighted by Gasteiger charge is -2.16. The normalized spacial score (nSPS) is 14.7. The Morgan fingerprint density at radius 1 is 1.40 bits per heavy atom. The summed E-state index contributed by atoms with van der Waals surface area (Å²) >= 11 is 0. The number of aliphatic carboxylic acids is 1. The minimum absolute atomic E-state index is 0.160. The number of rotatable bonds is 2. The average molecular weight is 208 g/mol. The number of hydrogen-bond donors (Lipinski definition) is 2. The molecule has 5 nitrogen and oxygen atoms in total. The molecule has 0 saturated heterocycles. The van der Waals surface area contributed by atoms with E-state index in [1.54, 1.807) is 0 Å². The number of carboxylic acid groups (broad SMARTS) is 1. The van der Waals surface area contributed by atoms with E-state index in [9.17, 15) is 9.59 Å². The molecule has 0 bridgehead atoms. The maximum absolute atomic E-state index is 11.2. The highest BCUT2D eigenvalue weighted by atomic mass is 16.4. The summed E-state index contributed by atoms with van der Waals surface area (Å²) in [6.45, 7) is 0. The van der Waals surface area contributed by atoms with Crippen LogP contribution in [0.3, 0.4) is 0 Å². The Morgan fingerprint density at radius 2 is 2.13 bits per heavy atom. The Bertz CT molecular complexity index is 450. The van der Waals surface area contributed by atoms with Crippen LogP contribution in [0.1, 0.15) is 29.8 Å². The molecule has 1 aromatic rings. The maximum Gasteiger partial charge on any atom is 0.345 e. The lowest BCUT2D eigenvalue weighted by molar-refractivity contribution is -0.136. The zero-order valence-corrected chi connectivity index (χ0v) is 8.25. The smallest absolute Gasteiger partial charge is 0.345 e. The molecule has 5 heteroatoms. The molecular formula is C10H12N2O3. The Kier molecular flexibility index (Phi) is 2.53. The second kappa shape index (κ2) is 3.84. The third-order valence-electron chi connectivity index (χ3n) is 2.63. The SMILES string of the molecule is O=C(O)Cc1nc(=O)[nH]c2c1CCCC2. The average Bonchev–Trinajstić information content (AvgIpc) is 2.16. The minimum atomic E-state index is -0.944. The van der Waals surface area contributed by atoms with Gasteiger partial charge in [-0.15, -0.1) is 0 Å². The van der Waals surface area contributed by atoms with Gasteiger partial charge in [-0.3, -0.25) is 4.79 Å². The number of nitrogens with zero attached hydrogens (tertiary/aromatic N) is 1. The van der Waals surface area contributed by atoms with Crippen molar-refractivity contribution in [1.82, 2.24) is 9.97 Å². The first-order valence-corrected chi connectivity index (χ1v) is 4.99. The van der Waals surface area contributed by atoms with E-state index >= 15 is 0 Å². The number of carboxylic acids is 1. The van der Waals surface area contributed by atoms with Crippen LogP contribution in [0.2, 0.25) is 0 Å². The van der Waals surface area contributed by atoms with Crippen molar-refractivity contribution in [3.05, 3.63) is 27.4 Å². The predicted octanol–water partition coefficient (Wildman–Crippen LogP) is 0.276. The number of hydrogen-bond acceptors (Lipinski definition) is 3. The van der Waals surface area contributed by atoms with Crippen molar-refractivity contribution in [3.8, 4) is 0 Å². The van der Waals surface area contributed by atoms with Crippen molar-refractivity contribution in [3.63, 3.8) is 0 Å². The van der Waals surface area contributed by atoms with Crippen molar-refractivity contribution in [2.75, 3.05) is 0 Å². The van der Waals surface area contributed by atoms with E-state index in [-0.39, 0.29) is 6.42 Å². The quantitative estimate of drug-likeness (QED) is 0.731. The van der Waals surface area contributed by atoms with Crippen molar-refractivity contribution in [1.29, 1.82) is 0 Å². The molecule has 0 radical (unpaired) electrons. The second-order valence-electron chi connectivity index (χ2n) is 3.72. The molecule has 1 heterocycles. The first-order chi connectivity index (χ1) is 7.16. The molecule has 0 aromatic carbocycles. The van der Waals surface area contributed by atoms with Gasteiger partial charge in [0.25, 0.3) is 0 Å². The van der Waals surface area contributed by atoms with Crippen molar-refractivity contribution < 1.29 is 9.90 Å². The van der Waals surface area contributed by atoms with Crippen LogP contribution >= 0.6 is 0 Å². The first kappa shape index (κ1) is 9.89. The molecule has 2 rings (SSSR count). The van der Waals surface area contributed by atoms with Crippen LogP contribution in [0.25, 0.3) is 0 Å². The lowest BCUT2D eigenvalue weighted by atomic mass is 9.94. The molecule has 1 aliphatic rings. The van der Waals surface area contributed by atoms with Gasteiger partial charge < -0.3 is 10.1 Å². The van der Waals surface area contributed by atoms with E-state index in [1.807, 2.05) is 0 Å². The monoisotopic (exact) mass is 208 g/mol. The summed E-state index contributed by atoms with van der Waals surface area (Å²) in [5, 5.41) is 8.71. The zero-order chi connectivity index (χ0) is 10.8. The molecule has 0 atom stereocenters. The fraction of sp³-hybridized carbons (Fsp3) is 0.500. The highest BCUT2D eigenvalue weighted by Gasteiger charge is 2.17. The van der Waals surface area contributed by atoms with Crippen molar-refractivity contribution >= 4 is 5.97 Å². The summed E-state index contributed by atoms with van der Waals surface area (Å²) in [5.74, 6) is -0.944. The van der Waals surface area contributed by atoms with Gasteiger partial charge in [-0.1, -0.05) is 0 Å². The second-order valence-corrected chi connectivity index (χ2v) is 3.72. The van der Waals surface area contributed by atoms with Crippen LogP contribution in [0, 0.1) is 0 Å². The number of fused-ring (bicyclic) bond motifs is 1. The molecule has 0 saturated carbocycles. The first-order valence-electron chi connectivity index (χ1n) is 4.99. The number of H-pyrrole nitrogens is 1. The summed E-state index contributed by atoms with van der Waals surface area (Å²) in [6.07, 6.45) is 3.56. The highest BCUT2D eigenvalue weighted by molar-refractivity contribution is 5.70. The van der Waals surface area contributed by atoms with Crippen LogP contribution < -0.4 is 5.69 Å². The van der Waals surface area contributed by atoms with E-state index < -0.39 is 11.7 Å². The number of nitrogens with one attached hydrogen (secondary N) is 1. The molecule has 1 aliphatic carbocycles. The standard InChI is InChI=1S/C10H12N2O3/c13-9(14)5-8-6-3-1-2-4-7(6)11-10(15)12-8/h1-5H2,(H,13,14)(H,11,12,15). The molecule has 0 amide bonds. The van der Waals surface area contributed by atoms with Gasteiger partial charge in [0.2, 0.25) is 0 Å². The third-order valence-corrected chi connectivity index (χ3v) is 2.63. The summed E-state index contributed by atoms with van der Waals surface area (Å²) < 4.78 is 0. The lowest BCUT2D eigenvalue weighted by Crippen LogP contribution is -2.22. The van der Waals surface area contributed by atoms with Crippen molar-refractivity contribution in [2.45, 2.75) is 32.1 Å². The van der Waals surface area contributed by atoms with Crippen LogP contribution in [0.4, 0.5) is 0 Å². The molecule has 80 valence electrons. The summed E-state index contributed by atoms with van der Waals surface area (Å²) in [5.41, 5.74) is 1.80. The minimum Gasteiger partial charge on any atom is -0.481 e. The van der Waals surface area contributed by atoms with Crippen LogP contribution in [-0.4, -0.2) is 21.0 Å². The third kappa shape index (κ3) is 2.06. The van der Waals surface area contributed by atoms with Gasteiger partial charge in [0.15, 0.2) is 0 Å². The van der Waals surface area contributed by atoms with Gasteiger partial charge in [0.05, 0.1) is 12.1 Å². The fourth-order valence-electron chi connectivity index (χ4n) is 2.00. The number of aryl methyl sites for hydroxylation is 1. The zero-order valence-electron chi connectivity index (χ0n) is 8.25. The summed E-state index contributed by atoms with van der Waals surface area (Å²) in [4.78, 5) is 28.2. The Hall–Kier alpha value is -1.65. The summed E-state index contributed by atoms with van der Waals surface area (Å²) in [7, 11) is 0. The van der Waals surface area contributed by atoms with E-state index in [1.165, 1.54) is 0 Å². The molecule has 0 fully saturated rings. The highest BCUT2D eigenvalue weighted by Crippen LogP contribution is 2.20. The molecule has 15 heavy (non-hydrogen) atoms.